The molecule has 1 rings (SSSR count). The third kappa shape index (κ3) is 2.96. The molecule has 14 heavy (non-hydrogen) atoms. The summed E-state index contributed by atoms with van der Waals surface area (Å²) in [5.74, 6) is 1.54. The fourth-order valence-electron chi connectivity index (χ4n) is 2.71. The summed E-state index contributed by atoms with van der Waals surface area (Å²) in [5.41, 5.74) is 0.464. The van der Waals surface area contributed by atoms with Crippen molar-refractivity contribution in [2.45, 2.75) is 40.0 Å². The number of rotatable bonds is 4. The Labute approximate surface area is 88.4 Å². The van der Waals surface area contributed by atoms with Crippen molar-refractivity contribution in [1.29, 1.82) is 0 Å². The van der Waals surface area contributed by atoms with Crippen molar-refractivity contribution in [2.24, 2.45) is 17.3 Å². The lowest BCUT2D eigenvalue weighted by molar-refractivity contribution is -0.00902. The molecule has 0 aromatic rings. The fraction of sp³-hybridized carbons (Fsp3) is 1.00. The highest BCUT2D eigenvalue weighted by molar-refractivity contribution is 4.86. The van der Waals surface area contributed by atoms with E-state index >= 15 is 0 Å². The lowest BCUT2D eigenvalue weighted by Gasteiger charge is -2.42. The largest absolute Gasteiger partial charge is 0.366 e. The van der Waals surface area contributed by atoms with E-state index in [1.165, 1.54) is 19.3 Å². The summed E-state index contributed by atoms with van der Waals surface area (Å²) in [4.78, 5) is 0. The summed E-state index contributed by atoms with van der Waals surface area (Å²) in [6.07, 6.45) is 4.11. The molecule has 1 aliphatic carbocycles. The summed E-state index contributed by atoms with van der Waals surface area (Å²) < 4.78 is 5.62. The van der Waals surface area contributed by atoms with E-state index in [4.69, 9.17) is 4.74 Å². The van der Waals surface area contributed by atoms with Crippen molar-refractivity contribution in [3.8, 4) is 0 Å². The van der Waals surface area contributed by atoms with E-state index in [-0.39, 0.29) is 0 Å². The van der Waals surface area contributed by atoms with Crippen LogP contribution in [0.4, 0.5) is 0 Å². The minimum absolute atomic E-state index is 0.464. The van der Waals surface area contributed by atoms with Crippen LogP contribution in [0.5, 0.6) is 0 Å². The molecule has 0 bridgehead atoms. The molecule has 0 radical (unpaired) electrons. The summed E-state index contributed by atoms with van der Waals surface area (Å²) in [5, 5.41) is 3.03. The lowest BCUT2D eigenvalue weighted by atomic mass is 9.64. The molecule has 0 amide bonds. The van der Waals surface area contributed by atoms with Gasteiger partial charge in [0.2, 0.25) is 0 Å². The van der Waals surface area contributed by atoms with Crippen LogP contribution in [0.15, 0.2) is 0 Å². The van der Waals surface area contributed by atoms with E-state index in [0.29, 0.717) is 12.1 Å². The third-order valence-corrected chi connectivity index (χ3v) is 3.72. The number of ether oxygens (including phenoxy) is 1. The van der Waals surface area contributed by atoms with Gasteiger partial charge in [-0.3, -0.25) is 5.32 Å². The highest BCUT2D eigenvalue weighted by atomic mass is 16.5. The molecular weight excluding hydrogens is 174 g/mol. The van der Waals surface area contributed by atoms with Crippen molar-refractivity contribution < 1.29 is 4.74 Å². The van der Waals surface area contributed by atoms with E-state index in [0.717, 1.165) is 18.4 Å². The molecule has 1 unspecified atom stereocenters. The molecule has 1 aliphatic rings. The third-order valence-electron chi connectivity index (χ3n) is 3.72. The molecular formula is C12H25NO. The van der Waals surface area contributed by atoms with E-state index < -0.39 is 0 Å². The highest BCUT2D eigenvalue weighted by Gasteiger charge is 2.36. The second-order valence-corrected chi connectivity index (χ2v) is 5.33. The molecule has 0 spiro atoms. The average molecular weight is 199 g/mol. The van der Waals surface area contributed by atoms with Crippen LogP contribution in [0, 0.1) is 17.3 Å². The van der Waals surface area contributed by atoms with E-state index in [1.54, 1.807) is 0 Å². The van der Waals surface area contributed by atoms with Crippen LogP contribution in [-0.2, 0) is 4.74 Å². The molecule has 1 saturated carbocycles. The van der Waals surface area contributed by atoms with Crippen LogP contribution in [0.3, 0.4) is 0 Å². The van der Waals surface area contributed by atoms with Crippen LogP contribution in [-0.4, -0.2) is 20.4 Å². The first-order valence-electron chi connectivity index (χ1n) is 5.80. The molecule has 1 fully saturated rings. The Kier molecular flexibility index (Phi) is 4.39. The molecule has 1 N–H and O–H groups in total. The van der Waals surface area contributed by atoms with Gasteiger partial charge in [-0.2, -0.15) is 0 Å². The van der Waals surface area contributed by atoms with Gasteiger partial charge in [0, 0.05) is 0 Å². The first kappa shape index (κ1) is 12.0. The van der Waals surface area contributed by atoms with Gasteiger partial charge in [0.25, 0.3) is 0 Å². The minimum Gasteiger partial charge on any atom is -0.366 e. The van der Waals surface area contributed by atoms with Crippen LogP contribution >= 0.6 is 0 Å². The number of hydrogen-bond acceptors (Lipinski definition) is 2. The average Bonchev–Trinajstić information content (AvgIpc) is 2.09. The zero-order valence-corrected chi connectivity index (χ0v) is 10.1. The molecule has 0 aromatic heterocycles. The zero-order valence-electron chi connectivity index (χ0n) is 10.1. The molecule has 2 atom stereocenters. The van der Waals surface area contributed by atoms with Gasteiger partial charge in [-0.05, 0) is 30.7 Å². The van der Waals surface area contributed by atoms with Gasteiger partial charge < -0.3 is 4.74 Å². The predicted octanol–water partition coefficient (Wildman–Crippen LogP) is 2.64. The standard InChI is InChI=1S/C12H25NO/c1-10-6-5-7-12(2,3)11(10)8-14-9-13-4/h10-11,13H,5-9H2,1-4H3/t10-,11?/m0/s1. The Bertz CT molecular complexity index is 168. The topological polar surface area (TPSA) is 21.3 Å². The molecule has 0 saturated heterocycles. The number of nitrogens with one attached hydrogen (secondary N) is 1. The monoisotopic (exact) mass is 199 g/mol. The first-order valence-corrected chi connectivity index (χ1v) is 5.80. The molecule has 84 valence electrons. The van der Waals surface area contributed by atoms with Gasteiger partial charge in [-0.15, -0.1) is 0 Å². The normalized spacial score (nSPS) is 31.7. The summed E-state index contributed by atoms with van der Waals surface area (Å²) in [6.45, 7) is 8.73. The first-order chi connectivity index (χ1) is 6.58. The van der Waals surface area contributed by atoms with E-state index in [9.17, 15) is 0 Å². The second-order valence-electron chi connectivity index (χ2n) is 5.33. The Morgan fingerprint density at radius 2 is 2.14 bits per heavy atom. The van der Waals surface area contributed by atoms with Crippen LogP contribution in [0.2, 0.25) is 0 Å². The Hall–Kier alpha value is -0.0800. The van der Waals surface area contributed by atoms with Crippen LogP contribution < -0.4 is 5.32 Å². The lowest BCUT2D eigenvalue weighted by Crippen LogP contribution is -2.37. The fourth-order valence-corrected chi connectivity index (χ4v) is 2.71. The molecule has 2 heteroatoms. The van der Waals surface area contributed by atoms with Crippen molar-refractivity contribution in [3.05, 3.63) is 0 Å². The zero-order chi connectivity index (χ0) is 10.6. The quantitative estimate of drug-likeness (QED) is 0.555. The van der Waals surface area contributed by atoms with Crippen molar-refractivity contribution in [1.82, 2.24) is 5.32 Å². The predicted molar refractivity (Wildman–Crippen MR) is 60.2 cm³/mol. The van der Waals surface area contributed by atoms with Gasteiger partial charge in [0.15, 0.2) is 0 Å². The van der Waals surface area contributed by atoms with E-state index in [2.05, 4.69) is 26.1 Å². The van der Waals surface area contributed by atoms with Crippen molar-refractivity contribution >= 4 is 0 Å². The minimum atomic E-state index is 0.464. The van der Waals surface area contributed by atoms with Crippen LogP contribution in [0.25, 0.3) is 0 Å². The highest BCUT2D eigenvalue weighted by Crippen LogP contribution is 2.43. The number of hydrogen-bond donors (Lipinski definition) is 1. The Morgan fingerprint density at radius 3 is 2.71 bits per heavy atom. The van der Waals surface area contributed by atoms with Gasteiger partial charge in [0.1, 0.15) is 0 Å². The van der Waals surface area contributed by atoms with Crippen molar-refractivity contribution in [3.63, 3.8) is 0 Å². The van der Waals surface area contributed by atoms with Gasteiger partial charge >= 0.3 is 0 Å². The molecule has 0 aromatic carbocycles. The second kappa shape index (κ2) is 5.13. The van der Waals surface area contributed by atoms with Crippen LogP contribution in [0.1, 0.15) is 40.0 Å². The summed E-state index contributed by atoms with van der Waals surface area (Å²) in [6, 6.07) is 0. The van der Waals surface area contributed by atoms with Gasteiger partial charge in [-0.1, -0.05) is 33.6 Å². The SMILES string of the molecule is CNCOCC1[C@@H](C)CCCC1(C)C. The summed E-state index contributed by atoms with van der Waals surface area (Å²) in [7, 11) is 1.93. The smallest absolute Gasteiger partial charge is 0.0962 e. The summed E-state index contributed by atoms with van der Waals surface area (Å²) >= 11 is 0. The Balaban J connectivity index is 2.44. The van der Waals surface area contributed by atoms with Gasteiger partial charge in [-0.25, -0.2) is 0 Å². The maximum atomic E-state index is 5.62. The maximum Gasteiger partial charge on any atom is 0.0962 e. The maximum absolute atomic E-state index is 5.62. The molecule has 0 aliphatic heterocycles. The van der Waals surface area contributed by atoms with Gasteiger partial charge in [0.05, 0.1) is 13.3 Å². The Morgan fingerprint density at radius 1 is 1.43 bits per heavy atom. The van der Waals surface area contributed by atoms with Crippen molar-refractivity contribution in [2.75, 3.05) is 20.4 Å². The molecule has 2 nitrogen and oxygen atoms in total. The van der Waals surface area contributed by atoms with E-state index in [1.807, 2.05) is 7.05 Å². The molecule has 0 heterocycles.